The van der Waals surface area contributed by atoms with Gasteiger partial charge < -0.3 is 20.9 Å². The minimum absolute atomic E-state index is 0.0133. The molecule has 0 spiro atoms. The number of hydrogen-bond donors (Lipinski definition) is 3. The Morgan fingerprint density at radius 2 is 2.10 bits per heavy atom. The second kappa shape index (κ2) is 8.69. The van der Waals surface area contributed by atoms with Crippen molar-refractivity contribution in [3.05, 3.63) is 24.5 Å². The molecule has 2 saturated heterocycles. The third-order valence-electron chi connectivity index (χ3n) is 6.04. The van der Waals surface area contributed by atoms with Crippen LogP contribution in [0.5, 0.6) is 0 Å². The number of anilines is 1. The summed E-state index contributed by atoms with van der Waals surface area (Å²) < 4.78 is 3.91. The van der Waals surface area contributed by atoms with E-state index in [1.807, 2.05) is 27.2 Å². The summed E-state index contributed by atoms with van der Waals surface area (Å²) in [5, 5.41) is 14.9. The molecular formula is C19H26N10OS. The number of rotatable bonds is 9. The Morgan fingerprint density at radius 1 is 1.16 bits per heavy atom. The van der Waals surface area contributed by atoms with Crippen molar-refractivity contribution in [2.45, 2.75) is 62.5 Å². The van der Waals surface area contributed by atoms with E-state index in [4.69, 9.17) is 5.73 Å². The maximum Gasteiger partial charge on any atom is 0.315 e. The van der Waals surface area contributed by atoms with Gasteiger partial charge in [-0.2, -0.15) is 11.8 Å². The van der Waals surface area contributed by atoms with Crippen LogP contribution in [0.15, 0.2) is 18.9 Å². The first-order chi connectivity index (χ1) is 15.2. The van der Waals surface area contributed by atoms with Gasteiger partial charge in [-0.3, -0.25) is 0 Å². The van der Waals surface area contributed by atoms with E-state index in [9.17, 15) is 4.79 Å². The van der Waals surface area contributed by atoms with Gasteiger partial charge in [0.15, 0.2) is 11.5 Å². The number of hydrogen-bond acceptors (Lipinski definition) is 8. The second-order valence-corrected chi connectivity index (χ2v) is 9.31. The van der Waals surface area contributed by atoms with Crippen LogP contribution in [0, 0.1) is 0 Å². The van der Waals surface area contributed by atoms with Crippen LogP contribution >= 0.6 is 11.8 Å². The summed E-state index contributed by atoms with van der Waals surface area (Å²) in [5.74, 6) is 1.41. The predicted octanol–water partition coefficient (Wildman–Crippen LogP) is 0.968. The highest BCUT2D eigenvalue weighted by molar-refractivity contribution is 8.00. The van der Waals surface area contributed by atoms with Gasteiger partial charge in [0.25, 0.3) is 0 Å². The Bertz CT molecular complexity index is 1070. The lowest BCUT2D eigenvalue weighted by Crippen LogP contribution is -2.36. The number of urea groups is 1. The van der Waals surface area contributed by atoms with Crippen molar-refractivity contribution >= 4 is 34.8 Å². The number of nitrogen functional groups attached to an aromatic ring is 1. The Morgan fingerprint density at radius 3 is 3.03 bits per heavy atom. The van der Waals surface area contributed by atoms with Gasteiger partial charge >= 0.3 is 6.03 Å². The largest absolute Gasteiger partial charge is 0.382 e. The number of imidazole rings is 1. The summed E-state index contributed by atoms with van der Waals surface area (Å²) in [6.07, 6.45) is 10.6. The molecular weight excluding hydrogens is 416 g/mol. The van der Waals surface area contributed by atoms with Crippen LogP contribution in [0.1, 0.15) is 31.4 Å². The maximum atomic E-state index is 11.5. The van der Waals surface area contributed by atoms with Gasteiger partial charge in [-0.25, -0.2) is 24.4 Å². The molecule has 3 aromatic heterocycles. The van der Waals surface area contributed by atoms with Crippen molar-refractivity contribution in [1.82, 2.24) is 45.1 Å². The van der Waals surface area contributed by atoms with Crippen LogP contribution < -0.4 is 16.4 Å². The fourth-order valence-corrected chi connectivity index (χ4v) is 5.94. The zero-order valence-corrected chi connectivity index (χ0v) is 18.0. The van der Waals surface area contributed by atoms with Crippen LogP contribution in [-0.2, 0) is 19.5 Å². The molecule has 5 rings (SSSR count). The highest BCUT2D eigenvalue weighted by Gasteiger charge is 2.42. The molecule has 5 heterocycles. The third-order valence-corrected chi connectivity index (χ3v) is 7.55. The van der Waals surface area contributed by atoms with Crippen LogP contribution in [0.3, 0.4) is 0 Å². The maximum absolute atomic E-state index is 11.5. The third kappa shape index (κ3) is 4.16. The molecule has 0 saturated carbocycles. The van der Waals surface area contributed by atoms with E-state index in [-0.39, 0.29) is 6.03 Å². The lowest BCUT2D eigenvalue weighted by atomic mass is 10.0. The van der Waals surface area contributed by atoms with Crippen molar-refractivity contribution in [3.8, 4) is 0 Å². The van der Waals surface area contributed by atoms with E-state index in [1.54, 1.807) is 6.33 Å². The number of amides is 2. The first-order valence-corrected chi connectivity index (χ1v) is 11.7. The summed E-state index contributed by atoms with van der Waals surface area (Å²) >= 11 is 1.98. The van der Waals surface area contributed by atoms with Crippen LogP contribution in [-0.4, -0.2) is 63.6 Å². The fourth-order valence-electron chi connectivity index (χ4n) is 4.40. The van der Waals surface area contributed by atoms with E-state index in [0.717, 1.165) is 42.8 Å². The lowest BCUT2D eigenvalue weighted by molar-refractivity contribution is 0.247. The van der Waals surface area contributed by atoms with Gasteiger partial charge in [-0.15, -0.1) is 5.10 Å². The van der Waals surface area contributed by atoms with E-state index < -0.39 is 0 Å². The average molecular weight is 443 g/mol. The monoisotopic (exact) mass is 442 g/mol. The van der Waals surface area contributed by atoms with Gasteiger partial charge in [0.05, 0.1) is 36.8 Å². The SMILES string of the molecule is Nc1ncnc2c1ncn2CCn1nncc1CCCCC[C@@H]1SC[C@@H]2NC(=O)N[C@@H]21. The fraction of sp³-hybridized carbons (Fsp3) is 0.579. The van der Waals surface area contributed by atoms with E-state index >= 15 is 0 Å². The topological polar surface area (TPSA) is 141 Å². The standard InChI is InChI=1S/C19H26N10OS/c20-17-16-18(22-10-21-17)28(11-23-16)6-7-29-12(8-24-27-29)4-2-1-3-5-14-15-13(9-31-14)25-19(30)26-15/h8,10-11,13-15H,1-7,9H2,(H2,20,21,22)(H2,25,26,30)/t13-,14-,15-/m0/s1. The number of nitrogens with one attached hydrogen (secondary N) is 2. The highest BCUT2D eigenvalue weighted by Crippen LogP contribution is 2.33. The van der Waals surface area contributed by atoms with Gasteiger partial charge in [0.2, 0.25) is 0 Å². The van der Waals surface area contributed by atoms with Gasteiger partial charge in [0.1, 0.15) is 11.8 Å². The minimum Gasteiger partial charge on any atom is -0.382 e. The first-order valence-electron chi connectivity index (χ1n) is 10.7. The summed E-state index contributed by atoms with van der Waals surface area (Å²) in [5.41, 5.74) is 8.35. The summed E-state index contributed by atoms with van der Waals surface area (Å²) in [6, 6.07) is 0.585. The number of unbranched alkanes of at least 4 members (excludes halogenated alkanes) is 2. The molecule has 2 aliphatic heterocycles. The molecule has 0 unspecified atom stereocenters. The number of aromatic nitrogens is 7. The van der Waals surface area contributed by atoms with Crippen molar-refractivity contribution < 1.29 is 4.79 Å². The second-order valence-electron chi connectivity index (χ2n) is 8.04. The predicted molar refractivity (Wildman–Crippen MR) is 117 cm³/mol. The van der Waals surface area contributed by atoms with Crippen molar-refractivity contribution in [3.63, 3.8) is 0 Å². The Balaban J connectivity index is 1.08. The van der Waals surface area contributed by atoms with Crippen LogP contribution in [0.2, 0.25) is 0 Å². The van der Waals surface area contributed by atoms with Gasteiger partial charge in [0, 0.05) is 17.5 Å². The molecule has 0 aliphatic carbocycles. The van der Waals surface area contributed by atoms with Crippen molar-refractivity contribution in [2.24, 2.45) is 0 Å². The molecule has 0 bridgehead atoms. The molecule has 2 amide bonds. The molecule has 164 valence electrons. The number of nitrogens with two attached hydrogens (primary N) is 1. The van der Waals surface area contributed by atoms with Gasteiger partial charge in [-0.05, 0) is 19.3 Å². The molecule has 2 fully saturated rings. The molecule has 0 aromatic carbocycles. The van der Waals surface area contributed by atoms with Crippen LogP contribution in [0.25, 0.3) is 11.2 Å². The molecule has 3 aromatic rings. The summed E-state index contributed by atoms with van der Waals surface area (Å²) in [7, 11) is 0. The zero-order valence-electron chi connectivity index (χ0n) is 17.1. The molecule has 12 heteroatoms. The molecule has 4 N–H and O–H groups in total. The Kier molecular flexibility index (Phi) is 5.62. The summed E-state index contributed by atoms with van der Waals surface area (Å²) in [4.78, 5) is 24.1. The van der Waals surface area contributed by atoms with E-state index in [2.05, 4.69) is 35.9 Å². The highest BCUT2D eigenvalue weighted by atomic mass is 32.2. The van der Waals surface area contributed by atoms with E-state index in [1.165, 1.54) is 12.7 Å². The minimum atomic E-state index is -0.0133. The number of aryl methyl sites for hydroxylation is 3. The van der Waals surface area contributed by atoms with E-state index in [0.29, 0.717) is 41.8 Å². The number of carbonyl (C=O) groups excluding carboxylic acids is 1. The number of nitrogens with zero attached hydrogens (tertiary/aromatic N) is 7. The normalized spacial score (nSPS) is 22.6. The molecule has 31 heavy (non-hydrogen) atoms. The average Bonchev–Trinajstić information content (AvgIpc) is 3.52. The smallest absolute Gasteiger partial charge is 0.315 e. The summed E-state index contributed by atoms with van der Waals surface area (Å²) in [6.45, 7) is 1.38. The Labute approximate surface area is 183 Å². The van der Waals surface area contributed by atoms with Crippen LogP contribution in [0.4, 0.5) is 10.6 Å². The Hall–Kier alpha value is -2.89. The quantitative estimate of drug-likeness (QED) is 0.329. The molecule has 3 atom stereocenters. The molecule has 2 aliphatic rings. The molecule has 0 radical (unpaired) electrons. The zero-order chi connectivity index (χ0) is 21.2. The number of fused-ring (bicyclic) bond motifs is 2. The van der Waals surface area contributed by atoms with Crippen molar-refractivity contribution in [2.75, 3.05) is 11.5 Å². The lowest BCUT2D eigenvalue weighted by Gasteiger charge is -2.16. The van der Waals surface area contributed by atoms with Gasteiger partial charge in [-0.1, -0.05) is 18.1 Å². The number of thioether (sulfide) groups is 1. The number of carbonyl (C=O) groups is 1. The molecule has 11 nitrogen and oxygen atoms in total. The van der Waals surface area contributed by atoms with Crippen molar-refractivity contribution in [1.29, 1.82) is 0 Å². The first kappa shape index (κ1) is 20.0.